The second kappa shape index (κ2) is 7.47. The Balaban J connectivity index is 1.78. The molecule has 0 N–H and O–H groups in total. The van der Waals surface area contributed by atoms with Gasteiger partial charge in [-0.2, -0.15) is 5.10 Å². The molecule has 7 heteroatoms. The maximum atomic E-state index is 5.72. The zero-order valence-electron chi connectivity index (χ0n) is 14.6. The fourth-order valence-corrected chi connectivity index (χ4v) is 4.37. The zero-order chi connectivity index (χ0) is 17.9. The Bertz CT molecular complexity index is 1010. The number of rotatable bonds is 4. The van der Waals surface area contributed by atoms with Crippen LogP contribution in [-0.2, 0) is 0 Å². The Morgan fingerprint density at radius 2 is 2.00 bits per heavy atom. The molecule has 0 fully saturated rings. The van der Waals surface area contributed by atoms with E-state index >= 15 is 0 Å². The number of hydrogen-bond donors (Lipinski definition) is 0. The molecule has 3 aromatic rings. The molecule has 5 nitrogen and oxygen atoms in total. The third kappa shape index (κ3) is 3.32. The topological polar surface area (TPSA) is 48.1 Å². The van der Waals surface area contributed by atoms with Crippen molar-refractivity contribution in [1.82, 2.24) is 4.68 Å². The van der Waals surface area contributed by atoms with E-state index in [-0.39, 0.29) is 0 Å². The molecule has 0 saturated carbocycles. The van der Waals surface area contributed by atoms with Crippen molar-refractivity contribution in [3.05, 3.63) is 50.3 Å². The van der Waals surface area contributed by atoms with Crippen LogP contribution in [-0.4, -0.2) is 30.6 Å². The van der Waals surface area contributed by atoms with Crippen molar-refractivity contribution < 1.29 is 9.47 Å². The summed E-state index contributed by atoms with van der Waals surface area (Å²) in [4.78, 5) is 6.61. The third-order valence-electron chi connectivity index (χ3n) is 4.01. The van der Waals surface area contributed by atoms with Gasteiger partial charge in [0.15, 0.2) is 11.5 Å². The number of aromatic nitrogens is 1. The molecule has 4 rings (SSSR count). The van der Waals surface area contributed by atoms with Crippen molar-refractivity contribution in [3.63, 3.8) is 0 Å². The van der Waals surface area contributed by atoms with Gasteiger partial charge >= 0.3 is 0 Å². The molecule has 134 valence electrons. The van der Waals surface area contributed by atoms with Crippen LogP contribution in [0, 0.1) is 6.92 Å². The fourth-order valence-electron chi connectivity index (χ4n) is 2.68. The molecule has 0 unspecified atom stereocenters. The highest BCUT2D eigenvalue weighted by Gasteiger charge is 2.15. The van der Waals surface area contributed by atoms with Gasteiger partial charge in [-0.1, -0.05) is 0 Å². The molecule has 0 amide bonds. The summed E-state index contributed by atoms with van der Waals surface area (Å²) in [6.45, 7) is 6.01. The van der Waals surface area contributed by atoms with E-state index < -0.39 is 0 Å². The van der Waals surface area contributed by atoms with Crippen LogP contribution in [0.3, 0.4) is 0 Å². The van der Waals surface area contributed by atoms with E-state index in [2.05, 4.69) is 28.7 Å². The third-order valence-corrected chi connectivity index (χ3v) is 5.82. The van der Waals surface area contributed by atoms with Crippen molar-refractivity contribution >= 4 is 28.9 Å². The van der Waals surface area contributed by atoms with Gasteiger partial charge < -0.3 is 9.47 Å². The van der Waals surface area contributed by atoms with Gasteiger partial charge in [-0.15, -0.1) is 22.7 Å². The Hall–Kier alpha value is -2.38. The van der Waals surface area contributed by atoms with Crippen LogP contribution in [0.2, 0.25) is 0 Å². The second-order valence-electron chi connectivity index (χ2n) is 5.76. The van der Waals surface area contributed by atoms with E-state index in [0.29, 0.717) is 19.8 Å². The minimum atomic E-state index is 0.576. The van der Waals surface area contributed by atoms with Gasteiger partial charge in [0.1, 0.15) is 13.2 Å². The molecule has 1 aromatic carbocycles. The van der Waals surface area contributed by atoms with E-state index in [1.54, 1.807) is 22.7 Å². The van der Waals surface area contributed by atoms with Gasteiger partial charge in [-0.3, -0.25) is 4.99 Å². The summed E-state index contributed by atoms with van der Waals surface area (Å²) in [6, 6.07) is 8.10. The van der Waals surface area contributed by atoms with Crippen LogP contribution in [0.1, 0.15) is 17.4 Å². The predicted octanol–water partition coefficient (Wildman–Crippen LogP) is 4.16. The first-order valence-corrected chi connectivity index (χ1v) is 10.2. The van der Waals surface area contributed by atoms with Crippen molar-refractivity contribution in [2.45, 2.75) is 13.8 Å². The number of hydrogen-bond acceptors (Lipinski definition) is 6. The lowest BCUT2D eigenvalue weighted by Crippen LogP contribution is -2.15. The normalized spacial score (nSPS) is 14.3. The van der Waals surface area contributed by atoms with Gasteiger partial charge in [0.05, 0.1) is 16.8 Å². The van der Waals surface area contributed by atoms with Gasteiger partial charge in [0.25, 0.3) is 0 Å². The Kier molecular flexibility index (Phi) is 4.90. The Morgan fingerprint density at radius 3 is 2.77 bits per heavy atom. The largest absolute Gasteiger partial charge is 0.486 e. The lowest BCUT2D eigenvalue weighted by Gasteiger charge is -2.18. The summed E-state index contributed by atoms with van der Waals surface area (Å²) in [5.41, 5.74) is 3.25. The van der Waals surface area contributed by atoms with Crippen LogP contribution in [0.25, 0.3) is 11.3 Å². The van der Waals surface area contributed by atoms with E-state index in [1.165, 1.54) is 5.56 Å². The van der Waals surface area contributed by atoms with Crippen LogP contribution in [0.5, 0.6) is 11.5 Å². The molecule has 3 heterocycles. The first kappa shape index (κ1) is 17.1. The Labute approximate surface area is 159 Å². The predicted molar refractivity (Wildman–Crippen MR) is 107 cm³/mol. The molecule has 0 bridgehead atoms. The van der Waals surface area contributed by atoms with Gasteiger partial charge in [-0.25, -0.2) is 4.68 Å². The molecule has 26 heavy (non-hydrogen) atoms. The summed E-state index contributed by atoms with van der Waals surface area (Å²) in [6.07, 6.45) is 1.91. The highest BCUT2D eigenvalue weighted by molar-refractivity contribution is 7.11. The summed E-state index contributed by atoms with van der Waals surface area (Å²) >= 11 is 3.27. The maximum absolute atomic E-state index is 5.72. The maximum Gasteiger partial charge on any atom is 0.206 e. The number of thiazole rings is 1. The first-order valence-electron chi connectivity index (χ1n) is 8.45. The molecule has 2 aromatic heterocycles. The van der Waals surface area contributed by atoms with Crippen molar-refractivity contribution in [3.8, 4) is 22.8 Å². The molecule has 0 aliphatic carbocycles. The average molecular weight is 386 g/mol. The summed E-state index contributed by atoms with van der Waals surface area (Å²) in [5, 5.41) is 8.88. The van der Waals surface area contributed by atoms with E-state index in [9.17, 15) is 0 Å². The summed E-state index contributed by atoms with van der Waals surface area (Å²) in [5.74, 6) is 1.57. The molecule has 0 radical (unpaired) electrons. The second-order valence-corrected chi connectivity index (χ2v) is 7.54. The number of nitrogens with zero attached hydrogens (tertiary/aromatic N) is 3. The van der Waals surface area contributed by atoms with E-state index in [4.69, 9.17) is 14.6 Å². The number of fused-ring (bicyclic) bond motifs is 1. The van der Waals surface area contributed by atoms with Gasteiger partial charge in [0, 0.05) is 17.5 Å². The van der Waals surface area contributed by atoms with E-state index in [1.807, 2.05) is 36.0 Å². The summed E-state index contributed by atoms with van der Waals surface area (Å²) in [7, 11) is 0. The number of aryl methyl sites for hydroxylation is 1. The summed E-state index contributed by atoms with van der Waals surface area (Å²) < 4.78 is 13.2. The molecule has 1 aliphatic heterocycles. The lowest BCUT2D eigenvalue weighted by molar-refractivity contribution is 0.171. The van der Waals surface area contributed by atoms with E-state index in [0.717, 1.165) is 32.4 Å². The minimum Gasteiger partial charge on any atom is -0.486 e. The molecule has 0 spiro atoms. The minimum absolute atomic E-state index is 0.576. The molecular weight excluding hydrogens is 366 g/mol. The van der Waals surface area contributed by atoms with Gasteiger partial charge in [-0.05, 0) is 49.1 Å². The molecular formula is C19H19N3O2S2. The van der Waals surface area contributed by atoms with Crippen molar-refractivity contribution in [1.29, 1.82) is 0 Å². The van der Waals surface area contributed by atoms with Crippen LogP contribution < -0.4 is 14.3 Å². The molecule has 0 saturated heterocycles. The lowest BCUT2D eigenvalue weighted by atomic mass is 10.1. The monoisotopic (exact) mass is 385 g/mol. The quantitative estimate of drug-likeness (QED) is 0.633. The molecule has 1 aliphatic rings. The van der Waals surface area contributed by atoms with Crippen LogP contribution in [0.4, 0.5) is 0 Å². The smallest absolute Gasteiger partial charge is 0.206 e. The zero-order valence-corrected chi connectivity index (χ0v) is 16.3. The van der Waals surface area contributed by atoms with Crippen LogP contribution in [0.15, 0.2) is 45.1 Å². The molecule has 0 atom stereocenters. The SMILES string of the molecule is CCN=c1scc(-c2ccc3c(c2)OCCO3)n1/N=C\c1sccc1C. The average Bonchev–Trinajstić information content (AvgIpc) is 3.26. The number of benzene rings is 1. The standard InChI is InChI=1S/C19H19N3O2S2/c1-3-20-19-22(21-11-18-13(2)6-9-25-18)15(12-26-19)14-4-5-16-17(10-14)24-8-7-23-16/h4-6,9-12H,3,7-8H2,1-2H3/b20-19?,21-11-. The fraction of sp³-hybridized carbons (Fsp3) is 0.263. The first-order chi connectivity index (χ1) is 12.8. The van der Waals surface area contributed by atoms with Crippen molar-refractivity contribution in [2.24, 2.45) is 10.1 Å². The van der Waals surface area contributed by atoms with Gasteiger partial charge in [0.2, 0.25) is 4.80 Å². The highest BCUT2D eigenvalue weighted by atomic mass is 32.1. The number of thiophene rings is 1. The van der Waals surface area contributed by atoms with Crippen molar-refractivity contribution in [2.75, 3.05) is 19.8 Å². The van der Waals surface area contributed by atoms with Crippen LogP contribution >= 0.6 is 22.7 Å². The Morgan fingerprint density at radius 1 is 1.15 bits per heavy atom. The highest BCUT2D eigenvalue weighted by Crippen LogP contribution is 2.34. The number of ether oxygens (including phenoxy) is 2.